The van der Waals surface area contributed by atoms with Gasteiger partial charge in [-0.05, 0) is 19.4 Å². The van der Waals surface area contributed by atoms with E-state index in [0.29, 0.717) is 12.5 Å². The number of esters is 1. The molecular weight excluding hydrogens is 198 g/mol. The van der Waals surface area contributed by atoms with Crippen LogP contribution in [0.3, 0.4) is 0 Å². The van der Waals surface area contributed by atoms with Crippen molar-refractivity contribution in [3.8, 4) is 0 Å². The molecule has 1 saturated heterocycles. The van der Waals surface area contributed by atoms with Crippen molar-refractivity contribution >= 4 is 17.7 Å². The lowest BCUT2D eigenvalue weighted by molar-refractivity contribution is -0.140. The van der Waals surface area contributed by atoms with Crippen molar-refractivity contribution in [1.82, 2.24) is 5.32 Å². The minimum absolute atomic E-state index is 0.110. The third kappa shape index (κ3) is 4.33. The quantitative estimate of drug-likeness (QED) is 0.558. The first kappa shape index (κ1) is 11.9. The SMILES string of the molecule is COC(=O)CCCNC1CSC(C)C1. The van der Waals surface area contributed by atoms with E-state index in [-0.39, 0.29) is 5.97 Å². The molecule has 1 fully saturated rings. The highest BCUT2D eigenvalue weighted by Gasteiger charge is 2.20. The Morgan fingerprint density at radius 3 is 3.00 bits per heavy atom. The highest BCUT2D eigenvalue weighted by molar-refractivity contribution is 8.00. The summed E-state index contributed by atoms with van der Waals surface area (Å²) in [6, 6.07) is 0.646. The number of ether oxygens (including phenoxy) is 1. The van der Waals surface area contributed by atoms with E-state index in [4.69, 9.17) is 0 Å². The molecule has 0 aromatic heterocycles. The third-order valence-electron chi connectivity index (χ3n) is 2.42. The standard InChI is InChI=1S/C10H19NO2S/c1-8-6-9(7-14-8)11-5-3-4-10(12)13-2/h8-9,11H,3-7H2,1-2H3. The molecule has 0 aromatic carbocycles. The van der Waals surface area contributed by atoms with Crippen molar-refractivity contribution in [2.24, 2.45) is 0 Å². The van der Waals surface area contributed by atoms with E-state index in [1.807, 2.05) is 11.8 Å². The molecule has 0 aliphatic carbocycles. The lowest BCUT2D eigenvalue weighted by atomic mass is 10.2. The molecule has 1 aliphatic heterocycles. The fourth-order valence-electron chi connectivity index (χ4n) is 1.60. The number of rotatable bonds is 5. The van der Waals surface area contributed by atoms with Crippen LogP contribution in [-0.2, 0) is 9.53 Å². The van der Waals surface area contributed by atoms with Gasteiger partial charge in [-0.1, -0.05) is 6.92 Å². The Kier molecular flexibility index (Phi) is 5.33. The van der Waals surface area contributed by atoms with E-state index in [1.165, 1.54) is 19.3 Å². The van der Waals surface area contributed by atoms with Crippen molar-refractivity contribution in [2.45, 2.75) is 37.5 Å². The summed E-state index contributed by atoms with van der Waals surface area (Å²) in [7, 11) is 1.44. The number of carbonyl (C=O) groups is 1. The van der Waals surface area contributed by atoms with Gasteiger partial charge in [0.1, 0.15) is 0 Å². The maximum Gasteiger partial charge on any atom is 0.305 e. The van der Waals surface area contributed by atoms with Gasteiger partial charge < -0.3 is 10.1 Å². The van der Waals surface area contributed by atoms with Gasteiger partial charge in [0.15, 0.2) is 0 Å². The van der Waals surface area contributed by atoms with Gasteiger partial charge >= 0.3 is 5.97 Å². The van der Waals surface area contributed by atoms with E-state index in [9.17, 15) is 4.79 Å². The zero-order valence-electron chi connectivity index (χ0n) is 8.91. The maximum atomic E-state index is 10.8. The molecular formula is C10H19NO2S. The van der Waals surface area contributed by atoms with E-state index >= 15 is 0 Å². The second kappa shape index (κ2) is 6.30. The Hall–Kier alpha value is -0.220. The number of carbonyl (C=O) groups excluding carboxylic acids is 1. The minimum Gasteiger partial charge on any atom is -0.469 e. The highest BCUT2D eigenvalue weighted by atomic mass is 32.2. The predicted octanol–water partition coefficient (Wildman–Crippen LogP) is 1.42. The maximum absolute atomic E-state index is 10.8. The van der Waals surface area contributed by atoms with Crippen LogP contribution < -0.4 is 5.32 Å². The molecule has 0 bridgehead atoms. The Morgan fingerprint density at radius 1 is 1.64 bits per heavy atom. The van der Waals surface area contributed by atoms with Crippen LogP contribution in [0.25, 0.3) is 0 Å². The van der Waals surface area contributed by atoms with Crippen LogP contribution in [0.5, 0.6) is 0 Å². The van der Waals surface area contributed by atoms with Crippen LogP contribution in [-0.4, -0.2) is 36.7 Å². The van der Waals surface area contributed by atoms with Gasteiger partial charge in [-0.15, -0.1) is 0 Å². The largest absolute Gasteiger partial charge is 0.469 e. The molecule has 2 unspecified atom stereocenters. The van der Waals surface area contributed by atoms with Gasteiger partial charge in [0.05, 0.1) is 7.11 Å². The molecule has 2 atom stereocenters. The summed E-state index contributed by atoms with van der Waals surface area (Å²) >= 11 is 2.02. The fraction of sp³-hybridized carbons (Fsp3) is 0.900. The van der Waals surface area contributed by atoms with Crippen molar-refractivity contribution in [1.29, 1.82) is 0 Å². The minimum atomic E-state index is -0.110. The number of nitrogens with one attached hydrogen (secondary N) is 1. The zero-order chi connectivity index (χ0) is 10.4. The van der Waals surface area contributed by atoms with Gasteiger partial charge in [-0.25, -0.2) is 0 Å². The van der Waals surface area contributed by atoms with E-state index < -0.39 is 0 Å². The lowest BCUT2D eigenvalue weighted by Gasteiger charge is -2.10. The van der Waals surface area contributed by atoms with Crippen molar-refractivity contribution < 1.29 is 9.53 Å². The first-order valence-electron chi connectivity index (χ1n) is 5.14. The Bertz CT molecular complexity index is 187. The summed E-state index contributed by atoms with van der Waals surface area (Å²) in [6.45, 7) is 3.19. The van der Waals surface area contributed by atoms with Crippen LogP contribution in [0.2, 0.25) is 0 Å². The zero-order valence-corrected chi connectivity index (χ0v) is 9.73. The molecule has 1 rings (SSSR count). The molecule has 1 N–H and O–H groups in total. The van der Waals surface area contributed by atoms with Crippen molar-refractivity contribution in [3.05, 3.63) is 0 Å². The summed E-state index contributed by atoms with van der Waals surface area (Å²) in [5.74, 6) is 1.10. The van der Waals surface area contributed by atoms with Crippen LogP contribution in [0.1, 0.15) is 26.2 Å². The van der Waals surface area contributed by atoms with Gasteiger partial charge in [0.25, 0.3) is 0 Å². The van der Waals surface area contributed by atoms with Crippen LogP contribution >= 0.6 is 11.8 Å². The second-order valence-corrected chi connectivity index (χ2v) is 5.18. The fourth-order valence-corrected chi connectivity index (χ4v) is 2.78. The normalized spacial score (nSPS) is 26.4. The molecule has 1 heterocycles. The molecule has 1 aliphatic rings. The highest BCUT2D eigenvalue weighted by Crippen LogP contribution is 2.25. The smallest absolute Gasteiger partial charge is 0.305 e. The van der Waals surface area contributed by atoms with Gasteiger partial charge in [-0.2, -0.15) is 11.8 Å². The molecule has 0 radical (unpaired) electrons. The third-order valence-corrected chi connectivity index (χ3v) is 3.77. The Morgan fingerprint density at radius 2 is 2.43 bits per heavy atom. The Balaban J connectivity index is 1.96. The molecule has 0 saturated carbocycles. The molecule has 4 heteroatoms. The summed E-state index contributed by atoms with van der Waals surface area (Å²) < 4.78 is 4.57. The second-order valence-electron chi connectivity index (χ2n) is 3.71. The van der Waals surface area contributed by atoms with E-state index in [2.05, 4.69) is 17.0 Å². The number of hydrogen-bond acceptors (Lipinski definition) is 4. The van der Waals surface area contributed by atoms with Crippen LogP contribution in [0.15, 0.2) is 0 Å². The van der Waals surface area contributed by atoms with Crippen LogP contribution in [0, 0.1) is 0 Å². The molecule has 14 heavy (non-hydrogen) atoms. The Labute approximate surface area is 90.0 Å². The van der Waals surface area contributed by atoms with Gasteiger partial charge in [0.2, 0.25) is 0 Å². The molecule has 82 valence electrons. The van der Waals surface area contributed by atoms with E-state index in [1.54, 1.807) is 0 Å². The summed E-state index contributed by atoms with van der Waals surface area (Å²) in [5.41, 5.74) is 0. The van der Waals surface area contributed by atoms with Gasteiger partial charge in [-0.3, -0.25) is 4.79 Å². The topological polar surface area (TPSA) is 38.3 Å². The average molecular weight is 217 g/mol. The lowest BCUT2D eigenvalue weighted by Crippen LogP contribution is -2.30. The van der Waals surface area contributed by atoms with E-state index in [0.717, 1.165) is 18.2 Å². The number of methoxy groups -OCH3 is 1. The summed E-state index contributed by atoms with van der Waals surface area (Å²) in [6.07, 6.45) is 2.66. The first-order chi connectivity index (χ1) is 6.72. The molecule has 3 nitrogen and oxygen atoms in total. The average Bonchev–Trinajstić information content (AvgIpc) is 2.58. The predicted molar refractivity (Wildman–Crippen MR) is 59.6 cm³/mol. The summed E-state index contributed by atoms with van der Waals surface area (Å²) in [5, 5.41) is 4.25. The van der Waals surface area contributed by atoms with Gasteiger partial charge in [0, 0.05) is 23.5 Å². The van der Waals surface area contributed by atoms with Crippen molar-refractivity contribution in [3.63, 3.8) is 0 Å². The number of thioether (sulfide) groups is 1. The van der Waals surface area contributed by atoms with Crippen LogP contribution in [0.4, 0.5) is 0 Å². The first-order valence-corrected chi connectivity index (χ1v) is 6.19. The number of hydrogen-bond donors (Lipinski definition) is 1. The molecule has 0 aromatic rings. The van der Waals surface area contributed by atoms with Crippen molar-refractivity contribution in [2.75, 3.05) is 19.4 Å². The molecule has 0 amide bonds. The summed E-state index contributed by atoms with van der Waals surface area (Å²) in [4.78, 5) is 10.8. The monoisotopic (exact) mass is 217 g/mol. The molecule has 0 spiro atoms.